The molecule has 174 valence electrons. The number of nitrogens with zero attached hydrogens (tertiary/aromatic N) is 4. The van der Waals surface area contributed by atoms with Crippen LogP contribution >= 0.6 is 0 Å². The van der Waals surface area contributed by atoms with Gasteiger partial charge in [-0.2, -0.15) is 0 Å². The molecule has 1 aliphatic heterocycles. The van der Waals surface area contributed by atoms with E-state index in [9.17, 15) is 13.5 Å². The van der Waals surface area contributed by atoms with Gasteiger partial charge in [-0.3, -0.25) is 4.90 Å². The Morgan fingerprint density at radius 3 is 2.73 bits per heavy atom. The summed E-state index contributed by atoms with van der Waals surface area (Å²) in [5.74, 6) is 0.475. The number of fused-ring (bicyclic) bond motifs is 1. The van der Waals surface area contributed by atoms with E-state index < -0.39 is 17.0 Å². The Bertz CT molecular complexity index is 1180. The highest BCUT2D eigenvalue weighted by Crippen LogP contribution is 2.34. The molecule has 2 aliphatic rings. The van der Waals surface area contributed by atoms with Crippen molar-refractivity contribution in [3.63, 3.8) is 0 Å². The summed E-state index contributed by atoms with van der Waals surface area (Å²) < 4.78 is 25.9. The molecule has 1 aliphatic carbocycles. The fourth-order valence-electron chi connectivity index (χ4n) is 5.16. The number of aliphatic hydroxyl groups excluding tert-OH is 1. The predicted octanol–water partition coefficient (Wildman–Crippen LogP) is 1.78. The third-order valence-corrected chi connectivity index (χ3v) is 7.23. The number of nitrogens with one attached hydrogen (secondary N) is 1. The minimum atomic E-state index is -2.58. The van der Waals surface area contributed by atoms with E-state index in [1.54, 1.807) is 0 Å². The molecule has 33 heavy (non-hydrogen) atoms. The van der Waals surface area contributed by atoms with Gasteiger partial charge in [-0.15, -0.1) is 5.10 Å². The number of hydrogen-bond acceptors (Lipinski definition) is 6. The molecular formula is C24H29N5O3S. The molecule has 0 radical (unpaired) electrons. The van der Waals surface area contributed by atoms with Crippen LogP contribution in [0, 0.1) is 0 Å². The maximum absolute atomic E-state index is 10.8. The number of aliphatic hydroxyl groups is 1. The zero-order valence-corrected chi connectivity index (χ0v) is 19.3. The summed E-state index contributed by atoms with van der Waals surface area (Å²) in [7, 11) is -2.58. The predicted molar refractivity (Wildman–Crippen MR) is 125 cm³/mol. The van der Waals surface area contributed by atoms with Crippen LogP contribution in [0.4, 0.5) is 0 Å². The van der Waals surface area contributed by atoms with Gasteiger partial charge in [0.1, 0.15) is 6.04 Å². The van der Waals surface area contributed by atoms with Crippen LogP contribution in [0.2, 0.25) is 0 Å². The van der Waals surface area contributed by atoms with Crippen LogP contribution in [0.15, 0.2) is 54.7 Å². The van der Waals surface area contributed by atoms with E-state index in [1.807, 2.05) is 35.1 Å². The molecule has 1 aromatic heterocycles. The van der Waals surface area contributed by atoms with Crippen LogP contribution < -0.4 is 4.72 Å². The van der Waals surface area contributed by atoms with Crippen LogP contribution in [0.1, 0.15) is 52.7 Å². The van der Waals surface area contributed by atoms with Crippen molar-refractivity contribution in [3.05, 3.63) is 82.7 Å². The maximum atomic E-state index is 10.8. The van der Waals surface area contributed by atoms with Gasteiger partial charge in [-0.1, -0.05) is 53.7 Å². The quantitative estimate of drug-likeness (QED) is 0.458. The van der Waals surface area contributed by atoms with Crippen LogP contribution in [0.3, 0.4) is 0 Å². The zero-order chi connectivity index (χ0) is 22.8. The minimum absolute atomic E-state index is 0.172. The normalized spacial score (nSPS) is 21.5. The lowest BCUT2D eigenvalue weighted by molar-refractivity contribution is 0.137. The third kappa shape index (κ3) is 5.01. The van der Waals surface area contributed by atoms with Gasteiger partial charge in [0.2, 0.25) is 10.9 Å². The van der Waals surface area contributed by atoms with Crippen molar-refractivity contribution in [1.82, 2.24) is 24.6 Å². The first-order chi connectivity index (χ1) is 16.1. The summed E-state index contributed by atoms with van der Waals surface area (Å²) in [5, 5.41) is 19.3. The van der Waals surface area contributed by atoms with Gasteiger partial charge in [0.05, 0.1) is 18.0 Å². The second-order valence-corrected chi connectivity index (χ2v) is 9.82. The van der Waals surface area contributed by atoms with Crippen LogP contribution in [-0.4, -0.2) is 52.6 Å². The van der Waals surface area contributed by atoms with Gasteiger partial charge in [-0.25, -0.2) is 17.8 Å². The largest absolute Gasteiger partial charge is 0.390 e. The van der Waals surface area contributed by atoms with Crippen molar-refractivity contribution in [3.8, 4) is 0 Å². The van der Waals surface area contributed by atoms with E-state index in [-0.39, 0.29) is 6.04 Å². The molecule has 0 saturated carbocycles. The fraction of sp³-hybridized carbons (Fsp3) is 0.417. The smallest absolute Gasteiger partial charge is 0.201 e. The average molecular weight is 468 g/mol. The first-order valence-corrected chi connectivity index (χ1v) is 12.6. The Labute approximate surface area is 195 Å². The lowest BCUT2D eigenvalue weighted by Gasteiger charge is -2.31. The molecule has 8 nitrogen and oxygen atoms in total. The lowest BCUT2D eigenvalue weighted by atomic mass is 9.88. The molecule has 2 atom stereocenters. The van der Waals surface area contributed by atoms with E-state index in [0.29, 0.717) is 18.9 Å². The van der Waals surface area contributed by atoms with Crippen LogP contribution in [0.5, 0.6) is 0 Å². The van der Waals surface area contributed by atoms with Crippen molar-refractivity contribution >= 4 is 10.9 Å². The van der Waals surface area contributed by atoms with E-state index in [0.717, 1.165) is 49.3 Å². The maximum Gasteiger partial charge on any atom is 0.201 e. The van der Waals surface area contributed by atoms with Crippen molar-refractivity contribution < 1.29 is 13.5 Å². The molecule has 0 bridgehead atoms. The van der Waals surface area contributed by atoms with Gasteiger partial charge in [-0.05, 0) is 54.1 Å². The second-order valence-electron chi connectivity index (χ2n) is 8.99. The Morgan fingerprint density at radius 1 is 1.09 bits per heavy atom. The summed E-state index contributed by atoms with van der Waals surface area (Å²) in [4.78, 5) is 2.40. The van der Waals surface area contributed by atoms with E-state index >= 15 is 0 Å². The number of hydrogen-bond donors (Lipinski definition) is 3. The molecule has 2 aromatic carbocycles. The zero-order valence-electron chi connectivity index (χ0n) is 18.4. The Kier molecular flexibility index (Phi) is 6.55. The van der Waals surface area contributed by atoms with Gasteiger partial charge >= 0.3 is 0 Å². The highest BCUT2D eigenvalue weighted by Gasteiger charge is 2.33. The van der Waals surface area contributed by atoms with Gasteiger partial charge in [0.25, 0.3) is 0 Å². The summed E-state index contributed by atoms with van der Waals surface area (Å²) in [5.41, 5.74) is 5.48. The standard InChI is InChI=1S/C24H29N5O3S/c30-23-13-20-5-1-2-7-22(20)24(23)29-16-21(26-27-29)15-28-10-8-18(9-11-28)19-6-3-4-17(12-19)14-25-33(31)32/h1-7,12,16,18,23-24,30,33H,8-11,13-15H2,(H,25,31,32)/t23-,24-/m0/s1. The molecule has 0 amide bonds. The Balaban J connectivity index is 1.18. The average Bonchev–Trinajstić information content (AvgIpc) is 3.41. The van der Waals surface area contributed by atoms with Crippen LogP contribution in [-0.2, 0) is 30.4 Å². The topological polar surface area (TPSA) is 100 Å². The molecule has 1 fully saturated rings. The second kappa shape index (κ2) is 9.72. The third-order valence-electron chi connectivity index (χ3n) is 6.82. The molecule has 0 spiro atoms. The molecule has 2 N–H and O–H groups in total. The van der Waals surface area contributed by atoms with Crippen molar-refractivity contribution in [2.45, 2.75) is 50.4 Å². The molecule has 9 heteroatoms. The first-order valence-electron chi connectivity index (χ1n) is 11.4. The van der Waals surface area contributed by atoms with Gasteiger partial charge in [0, 0.05) is 19.5 Å². The van der Waals surface area contributed by atoms with Crippen molar-refractivity contribution in [1.29, 1.82) is 0 Å². The number of rotatable bonds is 7. The van der Waals surface area contributed by atoms with Gasteiger partial charge in [0.15, 0.2) is 0 Å². The molecule has 3 aromatic rings. The molecule has 5 rings (SSSR count). The van der Waals surface area contributed by atoms with E-state index in [2.05, 4.69) is 44.2 Å². The van der Waals surface area contributed by atoms with Crippen LogP contribution in [0.25, 0.3) is 0 Å². The summed E-state index contributed by atoms with van der Waals surface area (Å²) in [6.45, 7) is 3.03. The number of benzene rings is 2. The SMILES string of the molecule is O=[SH](=O)NCc1cccc(C2CCN(Cc3cn([C@H]4c5ccccc5C[C@@H]4O)nn3)CC2)c1. The lowest BCUT2D eigenvalue weighted by Crippen LogP contribution is -2.32. The molecular weight excluding hydrogens is 438 g/mol. The summed E-state index contributed by atoms with van der Waals surface area (Å²) in [6, 6.07) is 16.2. The highest BCUT2D eigenvalue weighted by molar-refractivity contribution is 7.70. The molecule has 0 unspecified atom stereocenters. The van der Waals surface area contributed by atoms with Gasteiger partial charge < -0.3 is 5.11 Å². The monoisotopic (exact) mass is 467 g/mol. The summed E-state index contributed by atoms with van der Waals surface area (Å²) in [6.07, 6.45) is 4.24. The Hall–Kier alpha value is -2.59. The highest BCUT2D eigenvalue weighted by atomic mass is 32.2. The first kappa shape index (κ1) is 22.2. The van der Waals surface area contributed by atoms with Crippen molar-refractivity contribution in [2.75, 3.05) is 13.1 Å². The number of likely N-dealkylation sites (tertiary alicyclic amines) is 1. The minimum Gasteiger partial charge on any atom is -0.390 e. The Morgan fingerprint density at radius 2 is 1.91 bits per heavy atom. The number of thiol groups is 1. The van der Waals surface area contributed by atoms with E-state index in [1.165, 1.54) is 11.1 Å². The summed E-state index contributed by atoms with van der Waals surface area (Å²) >= 11 is 0. The van der Waals surface area contributed by atoms with E-state index in [4.69, 9.17) is 0 Å². The number of piperidine rings is 1. The number of aromatic nitrogens is 3. The van der Waals surface area contributed by atoms with Crippen molar-refractivity contribution in [2.24, 2.45) is 0 Å². The fourth-order valence-corrected chi connectivity index (χ4v) is 5.47. The molecule has 1 saturated heterocycles. The molecule has 2 heterocycles.